The van der Waals surface area contributed by atoms with Gasteiger partial charge < -0.3 is 4.90 Å². The van der Waals surface area contributed by atoms with Crippen LogP contribution in [-0.4, -0.2) is 47.2 Å². The fourth-order valence-electron chi connectivity index (χ4n) is 3.63. The van der Waals surface area contributed by atoms with Gasteiger partial charge in [-0.3, -0.25) is 14.9 Å². The van der Waals surface area contributed by atoms with Gasteiger partial charge in [-0.1, -0.05) is 12.1 Å². The Labute approximate surface area is 169 Å². The van der Waals surface area contributed by atoms with Crippen molar-refractivity contribution in [2.24, 2.45) is 0 Å². The highest BCUT2D eigenvalue weighted by Crippen LogP contribution is 2.28. The lowest BCUT2D eigenvalue weighted by molar-refractivity contribution is -0.131. The molecule has 7 nitrogen and oxygen atoms in total. The van der Waals surface area contributed by atoms with Crippen molar-refractivity contribution in [2.75, 3.05) is 12.8 Å². The Kier molecular flexibility index (Phi) is 5.19. The van der Waals surface area contributed by atoms with Crippen LogP contribution in [0.2, 0.25) is 0 Å². The first-order valence-electron chi connectivity index (χ1n) is 9.45. The Bertz CT molecular complexity index is 1140. The number of aromatic nitrogens is 3. The predicted octanol–water partition coefficient (Wildman–Crippen LogP) is 2.39. The first-order valence-corrected chi connectivity index (χ1v) is 11.3. The summed E-state index contributed by atoms with van der Waals surface area (Å²) < 4.78 is 23.6. The number of aromatic amines is 1. The van der Waals surface area contributed by atoms with Gasteiger partial charge in [-0.15, -0.1) is 0 Å². The van der Waals surface area contributed by atoms with Gasteiger partial charge in [-0.25, -0.2) is 8.42 Å². The molecule has 0 unspecified atom stereocenters. The number of sulfone groups is 1. The van der Waals surface area contributed by atoms with Crippen molar-refractivity contribution < 1.29 is 13.2 Å². The molecule has 2 aromatic heterocycles. The molecule has 4 rings (SSSR count). The van der Waals surface area contributed by atoms with E-state index in [-0.39, 0.29) is 17.2 Å². The number of nitrogens with one attached hydrogen (secondary N) is 1. The maximum absolute atomic E-state index is 13.0. The monoisotopic (exact) mass is 410 g/mol. The number of H-pyrrole nitrogens is 1. The normalized spacial score (nSPS) is 14.3. The Morgan fingerprint density at radius 3 is 2.76 bits per heavy atom. The van der Waals surface area contributed by atoms with E-state index in [9.17, 15) is 13.2 Å². The molecular weight excluding hydrogens is 388 g/mol. The van der Waals surface area contributed by atoms with Crippen LogP contribution in [-0.2, 0) is 34.0 Å². The summed E-state index contributed by atoms with van der Waals surface area (Å²) in [5.74, 6) is -0.0228. The number of hydrogen-bond donors (Lipinski definition) is 1. The highest BCUT2D eigenvalue weighted by Gasteiger charge is 2.24. The van der Waals surface area contributed by atoms with Gasteiger partial charge in [0.05, 0.1) is 17.0 Å². The lowest BCUT2D eigenvalue weighted by Crippen LogP contribution is -2.32. The van der Waals surface area contributed by atoms with Crippen LogP contribution in [0.4, 0.5) is 0 Å². The van der Waals surface area contributed by atoms with Crippen LogP contribution in [0.5, 0.6) is 0 Å². The van der Waals surface area contributed by atoms with Crippen LogP contribution >= 0.6 is 0 Å². The topological polar surface area (TPSA) is 96.0 Å². The number of benzene rings is 1. The second kappa shape index (κ2) is 7.79. The molecule has 29 heavy (non-hydrogen) atoms. The first kappa shape index (κ1) is 19.3. The van der Waals surface area contributed by atoms with E-state index >= 15 is 0 Å². The third-order valence-electron chi connectivity index (χ3n) is 5.14. The van der Waals surface area contributed by atoms with Crippen molar-refractivity contribution in [1.29, 1.82) is 0 Å². The second-order valence-corrected chi connectivity index (χ2v) is 9.30. The summed E-state index contributed by atoms with van der Waals surface area (Å²) in [5, 5.41) is 7.59. The Balaban J connectivity index is 1.56. The van der Waals surface area contributed by atoms with Crippen molar-refractivity contribution in [3.63, 3.8) is 0 Å². The number of rotatable bonds is 4. The SMILES string of the molecule is CS(=O)(=O)c1cccc(CC(=O)N2CCCc3[nH]nc(-c4ccncc4)c3C2)c1. The molecule has 0 radical (unpaired) electrons. The summed E-state index contributed by atoms with van der Waals surface area (Å²) in [6.07, 6.45) is 6.47. The van der Waals surface area contributed by atoms with Crippen LogP contribution in [0, 0.1) is 0 Å². The van der Waals surface area contributed by atoms with E-state index in [1.165, 1.54) is 6.26 Å². The fourth-order valence-corrected chi connectivity index (χ4v) is 4.32. The zero-order chi connectivity index (χ0) is 20.4. The van der Waals surface area contributed by atoms with Crippen molar-refractivity contribution in [2.45, 2.75) is 30.7 Å². The summed E-state index contributed by atoms with van der Waals surface area (Å²) in [6, 6.07) is 10.4. The van der Waals surface area contributed by atoms with Crippen LogP contribution in [0.1, 0.15) is 23.2 Å². The minimum Gasteiger partial charge on any atom is -0.338 e. The van der Waals surface area contributed by atoms with Crippen molar-refractivity contribution in [3.05, 3.63) is 65.6 Å². The highest BCUT2D eigenvalue weighted by atomic mass is 32.2. The maximum Gasteiger partial charge on any atom is 0.227 e. The van der Waals surface area contributed by atoms with Gasteiger partial charge in [-0.2, -0.15) is 5.10 Å². The number of aryl methyl sites for hydroxylation is 1. The minimum absolute atomic E-state index is 0.0228. The summed E-state index contributed by atoms with van der Waals surface area (Å²) in [7, 11) is -3.30. The zero-order valence-corrected chi connectivity index (χ0v) is 16.9. The number of hydrogen-bond acceptors (Lipinski definition) is 5. The van der Waals surface area contributed by atoms with E-state index in [1.807, 2.05) is 17.0 Å². The number of amides is 1. The van der Waals surface area contributed by atoms with E-state index in [1.54, 1.807) is 36.7 Å². The summed E-state index contributed by atoms with van der Waals surface area (Å²) >= 11 is 0. The van der Waals surface area contributed by atoms with E-state index < -0.39 is 9.84 Å². The maximum atomic E-state index is 13.0. The van der Waals surface area contributed by atoms with E-state index in [2.05, 4.69) is 15.2 Å². The Morgan fingerprint density at radius 2 is 2.00 bits per heavy atom. The smallest absolute Gasteiger partial charge is 0.227 e. The van der Waals surface area contributed by atoms with Crippen LogP contribution in [0.3, 0.4) is 0 Å². The summed E-state index contributed by atoms with van der Waals surface area (Å²) in [5.41, 5.74) is 4.61. The van der Waals surface area contributed by atoms with E-state index in [0.29, 0.717) is 18.7 Å². The number of carbonyl (C=O) groups is 1. The molecule has 8 heteroatoms. The average molecular weight is 410 g/mol. The van der Waals surface area contributed by atoms with Crippen molar-refractivity contribution in [1.82, 2.24) is 20.1 Å². The predicted molar refractivity (Wildman–Crippen MR) is 109 cm³/mol. The molecule has 0 fully saturated rings. The molecule has 1 aromatic carbocycles. The number of carbonyl (C=O) groups excluding carboxylic acids is 1. The van der Waals surface area contributed by atoms with E-state index in [4.69, 9.17) is 0 Å². The molecule has 0 bridgehead atoms. The molecule has 1 aliphatic rings. The molecule has 1 amide bonds. The van der Waals surface area contributed by atoms with E-state index in [0.717, 1.165) is 35.4 Å². The molecule has 1 N–H and O–H groups in total. The molecule has 0 saturated carbocycles. The zero-order valence-electron chi connectivity index (χ0n) is 16.1. The van der Waals surface area contributed by atoms with Gasteiger partial charge in [0, 0.05) is 48.6 Å². The standard InChI is InChI=1S/C21H22N4O3S/c1-29(27,28)17-5-2-4-15(12-17)13-20(26)25-11-3-6-19-18(14-25)21(24-23-19)16-7-9-22-10-8-16/h2,4-5,7-10,12H,3,6,11,13-14H2,1H3,(H,23,24). The molecule has 0 saturated heterocycles. The largest absolute Gasteiger partial charge is 0.338 e. The van der Waals surface area contributed by atoms with Gasteiger partial charge in [0.25, 0.3) is 0 Å². The summed E-state index contributed by atoms with van der Waals surface area (Å²) in [6.45, 7) is 1.14. The van der Waals surface area contributed by atoms with Crippen LogP contribution in [0.15, 0.2) is 53.7 Å². The third kappa shape index (κ3) is 4.22. The second-order valence-electron chi connectivity index (χ2n) is 7.28. The number of pyridine rings is 1. The summed E-state index contributed by atoms with van der Waals surface area (Å²) in [4.78, 5) is 19.1. The molecule has 3 aromatic rings. The molecule has 3 heterocycles. The van der Waals surface area contributed by atoms with Gasteiger partial charge in [0.2, 0.25) is 5.91 Å². The lowest BCUT2D eigenvalue weighted by Gasteiger charge is -2.21. The van der Waals surface area contributed by atoms with Gasteiger partial charge >= 0.3 is 0 Å². The Hall–Kier alpha value is -3.00. The minimum atomic E-state index is -3.30. The first-order chi connectivity index (χ1) is 13.9. The van der Waals surface area contributed by atoms with Gasteiger partial charge in [0.15, 0.2) is 9.84 Å². The van der Waals surface area contributed by atoms with Crippen molar-refractivity contribution >= 4 is 15.7 Å². The van der Waals surface area contributed by atoms with Crippen LogP contribution in [0.25, 0.3) is 11.3 Å². The molecule has 1 aliphatic heterocycles. The van der Waals surface area contributed by atoms with Gasteiger partial charge in [0.1, 0.15) is 0 Å². The molecule has 150 valence electrons. The average Bonchev–Trinajstić information content (AvgIpc) is 2.97. The third-order valence-corrected chi connectivity index (χ3v) is 6.26. The number of fused-ring (bicyclic) bond motifs is 1. The van der Waals surface area contributed by atoms with Gasteiger partial charge in [-0.05, 0) is 42.7 Å². The quantitative estimate of drug-likeness (QED) is 0.712. The molecule has 0 spiro atoms. The lowest BCUT2D eigenvalue weighted by atomic mass is 10.1. The van der Waals surface area contributed by atoms with Crippen molar-refractivity contribution in [3.8, 4) is 11.3 Å². The fraction of sp³-hybridized carbons (Fsp3) is 0.286. The molecule has 0 atom stereocenters. The molecular formula is C21H22N4O3S. The highest BCUT2D eigenvalue weighted by molar-refractivity contribution is 7.90. The molecule has 0 aliphatic carbocycles. The van der Waals surface area contributed by atoms with Crippen LogP contribution < -0.4 is 0 Å². The number of nitrogens with zero attached hydrogens (tertiary/aromatic N) is 3. The Morgan fingerprint density at radius 1 is 1.21 bits per heavy atom.